The fourth-order valence-corrected chi connectivity index (χ4v) is 1.81. The first-order valence-corrected chi connectivity index (χ1v) is 5.82. The molecule has 2 aromatic rings. The quantitative estimate of drug-likeness (QED) is 0.656. The largest absolute Gasteiger partial charge is 0.421 e. The second kappa shape index (κ2) is 5.43. The molecule has 0 aliphatic rings. The van der Waals surface area contributed by atoms with Crippen molar-refractivity contribution < 1.29 is 22.4 Å². The first-order chi connectivity index (χ1) is 9.80. The van der Waals surface area contributed by atoms with Crippen LogP contribution < -0.4 is 11.1 Å². The molecule has 0 saturated carbocycles. The van der Waals surface area contributed by atoms with Gasteiger partial charge in [0.1, 0.15) is 11.4 Å². The summed E-state index contributed by atoms with van der Waals surface area (Å²) in [6.07, 6.45) is -4.92. The van der Waals surface area contributed by atoms with Crippen molar-refractivity contribution in [3.63, 3.8) is 0 Å². The summed E-state index contributed by atoms with van der Waals surface area (Å²) >= 11 is 0. The van der Waals surface area contributed by atoms with Gasteiger partial charge in [0.2, 0.25) is 0 Å². The maximum absolute atomic E-state index is 13.4. The highest BCUT2D eigenvalue weighted by Crippen LogP contribution is 2.36. The maximum Gasteiger partial charge on any atom is 0.421 e. The highest BCUT2D eigenvalue weighted by molar-refractivity contribution is 6.08. The van der Waals surface area contributed by atoms with E-state index in [0.717, 1.165) is 12.1 Å². The minimum atomic E-state index is -4.92. The van der Waals surface area contributed by atoms with Gasteiger partial charge < -0.3 is 11.1 Å². The Bertz CT molecular complexity index is 683. The monoisotopic (exact) mass is 298 g/mol. The maximum atomic E-state index is 13.4. The first kappa shape index (κ1) is 14.8. The van der Waals surface area contributed by atoms with Crippen molar-refractivity contribution in [1.29, 1.82) is 0 Å². The SMILES string of the molecule is Nc1ccccc1C(=O)Nc1cccc(F)c1C(F)(F)F. The lowest BCUT2D eigenvalue weighted by atomic mass is 10.1. The molecule has 110 valence electrons. The zero-order valence-electron chi connectivity index (χ0n) is 10.5. The van der Waals surface area contributed by atoms with Crippen LogP contribution in [0.25, 0.3) is 0 Å². The highest BCUT2D eigenvalue weighted by atomic mass is 19.4. The first-order valence-electron chi connectivity index (χ1n) is 5.82. The van der Waals surface area contributed by atoms with Crippen molar-refractivity contribution in [2.45, 2.75) is 6.18 Å². The van der Waals surface area contributed by atoms with Gasteiger partial charge in [0, 0.05) is 5.69 Å². The summed E-state index contributed by atoms with van der Waals surface area (Å²) < 4.78 is 51.9. The molecule has 1 amide bonds. The molecule has 0 aliphatic carbocycles. The Morgan fingerprint density at radius 1 is 1.05 bits per heavy atom. The molecule has 21 heavy (non-hydrogen) atoms. The molecule has 0 radical (unpaired) electrons. The molecule has 0 unspecified atom stereocenters. The Hall–Kier alpha value is -2.57. The molecule has 0 heterocycles. The Labute approximate surface area is 117 Å². The van der Waals surface area contributed by atoms with Crippen LogP contribution in [0.5, 0.6) is 0 Å². The van der Waals surface area contributed by atoms with Gasteiger partial charge in [-0.25, -0.2) is 4.39 Å². The van der Waals surface area contributed by atoms with E-state index >= 15 is 0 Å². The molecule has 2 aromatic carbocycles. The fourth-order valence-electron chi connectivity index (χ4n) is 1.81. The van der Waals surface area contributed by atoms with E-state index in [1.807, 2.05) is 5.32 Å². The van der Waals surface area contributed by atoms with Crippen molar-refractivity contribution in [3.8, 4) is 0 Å². The number of nitrogens with one attached hydrogen (secondary N) is 1. The Morgan fingerprint density at radius 2 is 1.71 bits per heavy atom. The van der Waals surface area contributed by atoms with E-state index in [0.29, 0.717) is 6.07 Å². The lowest BCUT2D eigenvalue weighted by Crippen LogP contribution is -2.18. The summed E-state index contributed by atoms with van der Waals surface area (Å²) in [6.45, 7) is 0. The number of halogens is 4. The molecule has 0 aromatic heterocycles. The number of hydrogen-bond acceptors (Lipinski definition) is 2. The van der Waals surface area contributed by atoms with Crippen molar-refractivity contribution in [2.24, 2.45) is 0 Å². The average molecular weight is 298 g/mol. The molecule has 0 aliphatic heterocycles. The van der Waals surface area contributed by atoms with Crippen LogP contribution >= 0.6 is 0 Å². The summed E-state index contributed by atoms with van der Waals surface area (Å²) in [5.74, 6) is -2.30. The standard InChI is InChI=1S/C14H10F4N2O/c15-9-5-3-7-11(12(9)14(16,17)18)20-13(21)8-4-1-2-6-10(8)19/h1-7H,19H2,(H,20,21). The van der Waals surface area contributed by atoms with E-state index in [-0.39, 0.29) is 11.3 Å². The second-order valence-corrected chi connectivity index (χ2v) is 4.20. The van der Waals surface area contributed by atoms with Crippen molar-refractivity contribution in [3.05, 3.63) is 59.4 Å². The number of rotatable bonds is 2. The Morgan fingerprint density at radius 3 is 2.33 bits per heavy atom. The number of benzene rings is 2. The third kappa shape index (κ3) is 3.13. The van der Waals surface area contributed by atoms with Gasteiger partial charge in [0.25, 0.3) is 5.91 Å². The van der Waals surface area contributed by atoms with Gasteiger partial charge in [-0.1, -0.05) is 18.2 Å². The summed E-state index contributed by atoms with van der Waals surface area (Å²) in [5, 5.41) is 2.04. The predicted octanol–water partition coefficient (Wildman–Crippen LogP) is 3.68. The van der Waals surface area contributed by atoms with Gasteiger partial charge in [-0.2, -0.15) is 13.2 Å². The number of hydrogen-bond donors (Lipinski definition) is 2. The van der Waals surface area contributed by atoms with Crippen LogP contribution in [0.4, 0.5) is 28.9 Å². The topological polar surface area (TPSA) is 55.1 Å². The van der Waals surface area contributed by atoms with Crippen molar-refractivity contribution in [1.82, 2.24) is 0 Å². The van der Waals surface area contributed by atoms with E-state index in [9.17, 15) is 22.4 Å². The smallest absolute Gasteiger partial charge is 0.398 e. The number of alkyl halides is 3. The third-order valence-electron chi connectivity index (χ3n) is 2.75. The van der Waals surface area contributed by atoms with Crippen LogP contribution in [-0.2, 0) is 6.18 Å². The van der Waals surface area contributed by atoms with E-state index in [4.69, 9.17) is 5.73 Å². The second-order valence-electron chi connectivity index (χ2n) is 4.20. The van der Waals surface area contributed by atoms with Crippen molar-refractivity contribution >= 4 is 17.3 Å². The lowest BCUT2D eigenvalue weighted by molar-refractivity contribution is -0.139. The molecule has 0 spiro atoms. The molecule has 0 atom stereocenters. The van der Waals surface area contributed by atoms with Crippen LogP contribution in [0.1, 0.15) is 15.9 Å². The minimum absolute atomic E-state index is 0.00915. The Kier molecular flexibility index (Phi) is 3.84. The third-order valence-corrected chi connectivity index (χ3v) is 2.75. The number of nitrogens with two attached hydrogens (primary N) is 1. The zero-order chi connectivity index (χ0) is 15.6. The predicted molar refractivity (Wildman–Crippen MR) is 70.2 cm³/mol. The van der Waals surface area contributed by atoms with Gasteiger partial charge in [0.05, 0.1) is 11.3 Å². The summed E-state index contributed by atoms with van der Waals surface area (Å²) in [6, 6.07) is 8.62. The average Bonchev–Trinajstić information content (AvgIpc) is 2.37. The number of carbonyl (C=O) groups excluding carboxylic acids is 1. The van der Waals surface area contributed by atoms with Crippen molar-refractivity contribution in [2.75, 3.05) is 11.1 Å². The van der Waals surface area contributed by atoms with E-state index < -0.39 is 29.2 Å². The Balaban J connectivity index is 2.39. The van der Waals surface area contributed by atoms with Crippen LogP contribution in [0.3, 0.4) is 0 Å². The number of amides is 1. The number of carbonyl (C=O) groups is 1. The lowest BCUT2D eigenvalue weighted by Gasteiger charge is -2.15. The zero-order valence-corrected chi connectivity index (χ0v) is 10.5. The minimum Gasteiger partial charge on any atom is -0.398 e. The van der Waals surface area contributed by atoms with Gasteiger partial charge in [-0.05, 0) is 24.3 Å². The van der Waals surface area contributed by atoms with E-state index in [1.54, 1.807) is 6.07 Å². The number of nitrogen functional groups attached to an aromatic ring is 1. The normalized spacial score (nSPS) is 11.2. The van der Waals surface area contributed by atoms with Crippen LogP contribution in [0, 0.1) is 5.82 Å². The molecule has 3 nitrogen and oxygen atoms in total. The van der Waals surface area contributed by atoms with E-state index in [1.165, 1.54) is 18.2 Å². The van der Waals surface area contributed by atoms with Crippen LogP contribution in [0.2, 0.25) is 0 Å². The molecule has 0 saturated heterocycles. The van der Waals surface area contributed by atoms with Gasteiger partial charge in [-0.15, -0.1) is 0 Å². The molecular weight excluding hydrogens is 288 g/mol. The molecule has 2 rings (SSSR count). The summed E-state index contributed by atoms with van der Waals surface area (Å²) in [4.78, 5) is 11.9. The summed E-state index contributed by atoms with van der Waals surface area (Å²) in [5.41, 5.74) is 3.51. The van der Waals surface area contributed by atoms with Crippen LogP contribution in [-0.4, -0.2) is 5.91 Å². The molecular formula is C14H10F4N2O. The molecule has 3 N–H and O–H groups in total. The number of para-hydroxylation sites is 1. The van der Waals surface area contributed by atoms with Gasteiger partial charge >= 0.3 is 6.18 Å². The van der Waals surface area contributed by atoms with Crippen LogP contribution in [0.15, 0.2) is 42.5 Å². The molecule has 0 fully saturated rings. The van der Waals surface area contributed by atoms with E-state index in [2.05, 4.69) is 0 Å². The summed E-state index contributed by atoms with van der Waals surface area (Å²) in [7, 11) is 0. The van der Waals surface area contributed by atoms with Gasteiger partial charge in [-0.3, -0.25) is 4.79 Å². The number of anilines is 2. The molecule has 7 heteroatoms. The fraction of sp³-hybridized carbons (Fsp3) is 0.0714. The molecule has 0 bridgehead atoms. The van der Waals surface area contributed by atoms with Gasteiger partial charge in [0.15, 0.2) is 0 Å². The highest BCUT2D eigenvalue weighted by Gasteiger charge is 2.37.